The molecule has 0 aliphatic rings. The molecule has 18 heavy (non-hydrogen) atoms. The molecule has 0 spiro atoms. The molecule has 0 saturated heterocycles. The lowest BCUT2D eigenvalue weighted by molar-refractivity contribution is 0.0951. The quantitative estimate of drug-likeness (QED) is 0.887. The number of hydrogen-bond acceptors (Lipinski definition) is 3. The lowest BCUT2D eigenvalue weighted by atomic mass is 10.1. The zero-order valence-corrected chi connectivity index (χ0v) is 11.1. The number of benzene rings is 1. The van der Waals surface area contributed by atoms with E-state index in [0.29, 0.717) is 18.7 Å². The molecule has 0 aliphatic heterocycles. The number of rotatable bonds is 4. The Kier molecular flexibility index (Phi) is 4.12. The number of carbonyl (C=O) groups is 1. The molecule has 1 aromatic carbocycles. The van der Waals surface area contributed by atoms with Crippen molar-refractivity contribution in [3.05, 3.63) is 57.3 Å². The minimum absolute atomic E-state index is 0.0513. The van der Waals surface area contributed by atoms with Gasteiger partial charge in [0.2, 0.25) is 0 Å². The molecule has 0 atom stereocenters. The van der Waals surface area contributed by atoms with Crippen molar-refractivity contribution in [1.29, 1.82) is 0 Å². The van der Waals surface area contributed by atoms with E-state index in [-0.39, 0.29) is 5.91 Å². The van der Waals surface area contributed by atoms with Crippen LogP contribution in [0.4, 0.5) is 0 Å². The topological polar surface area (TPSA) is 55.1 Å². The van der Waals surface area contributed by atoms with Gasteiger partial charge in [-0.2, -0.15) is 0 Å². The molecule has 0 bridgehead atoms. The van der Waals surface area contributed by atoms with Crippen molar-refractivity contribution in [2.45, 2.75) is 20.0 Å². The van der Waals surface area contributed by atoms with Crippen LogP contribution in [0.1, 0.15) is 25.7 Å². The van der Waals surface area contributed by atoms with E-state index in [2.05, 4.69) is 18.3 Å². The fraction of sp³-hybridized carbons (Fsp3) is 0.214. The smallest absolute Gasteiger partial charge is 0.251 e. The Bertz CT molecular complexity index is 531. The Morgan fingerprint density at radius 2 is 1.94 bits per heavy atom. The SMILES string of the molecule is Cc1ccc(CNC(=O)c2ccc(CN)cc2)s1. The molecule has 0 radical (unpaired) electrons. The molecule has 3 nitrogen and oxygen atoms in total. The predicted molar refractivity (Wildman–Crippen MR) is 74.6 cm³/mol. The molecule has 3 N–H and O–H groups in total. The Morgan fingerprint density at radius 1 is 1.22 bits per heavy atom. The van der Waals surface area contributed by atoms with Crippen LogP contribution in [0.2, 0.25) is 0 Å². The normalized spacial score (nSPS) is 10.3. The van der Waals surface area contributed by atoms with E-state index in [1.165, 1.54) is 9.75 Å². The van der Waals surface area contributed by atoms with Crippen molar-refractivity contribution < 1.29 is 4.79 Å². The molecule has 0 saturated carbocycles. The Morgan fingerprint density at radius 3 is 2.50 bits per heavy atom. The van der Waals surface area contributed by atoms with Gasteiger partial charge in [-0.25, -0.2) is 0 Å². The van der Waals surface area contributed by atoms with Gasteiger partial charge in [0.05, 0.1) is 6.54 Å². The maximum absolute atomic E-state index is 11.9. The van der Waals surface area contributed by atoms with Crippen LogP contribution in [0, 0.1) is 6.92 Å². The lowest BCUT2D eigenvalue weighted by Crippen LogP contribution is -2.22. The van der Waals surface area contributed by atoms with Gasteiger partial charge >= 0.3 is 0 Å². The summed E-state index contributed by atoms with van der Waals surface area (Å²) < 4.78 is 0. The first-order valence-electron chi connectivity index (χ1n) is 5.81. The van der Waals surface area contributed by atoms with E-state index in [4.69, 9.17) is 5.73 Å². The summed E-state index contributed by atoms with van der Waals surface area (Å²) >= 11 is 1.70. The summed E-state index contributed by atoms with van der Waals surface area (Å²) in [4.78, 5) is 14.3. The third kappa shape index (κ3) is 3.18. The summed E-state index contributed by atoms with van der Waals surface area (Å²) in [6.45, 7) is 3.13. The van der Waals surface area contributed by atoms with Gasteiger partial charge < -0.3 is 11.1 Å². The molecular formula is C14H16N2OS. The minimum Gasteiger partial charge on any atom is -0.347 e. The number of nitrogens with two attached hydrogens (primary N) is 1. The van der Waals surface area contributed by atoms with Crippen LogP contribution in [0.25, 0.3) is 0 Å². The lowest BCUT2D eigenvalue weighted by Gasteiger charge is -2.04. The van der Waals surface area contributed by atoms with Crippen LogP contribution in [-0.2, 0) is 13.1 Å². The predicted octanol–water partition coefficient (Wildman–Crippen LogP) is 2.45. The summed E-state index contributed by atoms with van der Waals surface area (Å²) in [5.74, 6) is -0.0513. The fourth-order valence-electron chi connectivity index (χ4n) is 1.64. The van der Waals surface area contributed by atoms with Gasteiger partial charge in [0.15, 0.2) is 0 Å². The monoisotopic (exact) mass is 260 g/mol. The number of thiophene rings is 1. The molecular weight excluding hydrogens is 244 g/mol. The summed E-state index contributed by atoms with van der Waals surface area (Å²) in [7, 11) is 0. The van der Waals surface area contributed by atoms with Gasteiger partial charge in [-0.15, -0.1) is 11.3 Å². The van der Waals surface area contributed by atoms with Crippen LogP contribution >= 0.6 is 11.3 Å². The molecule has 0 unspecified atom stereocenters. The van der Waals surface area contributed by atoms with Gasteiger partial charge in [-0.05, 0) is 36.8 Å². The summed E-state index contributed by atoms with van der Waals surface area (Å²) in [5.41, 5.74) is 7.21. The molecule has 0 fully saturated rings. The number of amides is 1. The first-order valence-corrected chi connectivity index (χ1v) is 6.63. The first-order chi connectivity index (χ1) is 8.69. The average molecular weight is 260 g/mol. The highest BCUT2D eigenvalue weighted by atomic mass is 32.1. The highest BCUT2D eigenvalue weighted by Gasteiger charge is 2.05. The zero-order valence-electron chi connectivity index (χ0n) is 10.3. The van der Waals surface area contributed by atoms with Gasteiger partial charge in [-0.3, -0.25) is 4.79 Å². The van der Waals surface area contributed by atoms with Crippen LogP contribution in [0.3, 0.4) is 0 Å². The molecule has 1 heterocycles. The molecule has 1 amide bonds. The van der Waals surface area contributed by atoms with Gasteiger partial charge in [-0.1, -0.05) is 12.1 Å². The minimum atomic E-state index is -0.0513. The van der Waals surface area contributed by atoms with E-state index in [1.54, 1.807) is 23.5 Å². The van der Waals surface area contributed by atoms with Crippen LogP contribution in [0.5, 0.6) is 0 Å². The molecule has 2 rings (SSSR count). The maximum atomic E-state index is 11.9. The van der Waals surface area contributed by atoms with Crippen molar-refractivity contribution in [3.63, 3.8) is 0 Å². The van der Waals surface area contributed by atoms with Crippen LogP contribution in [-0.4, -0.2) is 5.91 Å². The Balaban J connectivity index is 1.94. The van der Waals surface area contributed by atoms with Gasteiger partial charge in [0.1, 0.15) is 0 Å². The number of nitrogens with one attached hydrogen (secondary N) is 1. The van der Waals surface area contributed by atoms with Crippen molar-refractivity contribution >= 4 is 17.2 Å². The second kappa shape index (κ2) is 5.80. The molecule has 0 aliphatic carbocycles. The second-order valence-corrected chi connectivity index (χ2v) is 5.47. The molecule has 2 aromatic rings. The number of hydrogen-bond donors (Lipinski definition) is 2. The Labute approximate surface area is 111 Å². The van der Waals surface area contributed by atoms with Crippen molar-refractivity contribution in [3.8, 4) is 0 Å². The molecule has 94 valence electrons. The maximum Gasteiger partial charge on any atom is 0.251 e. The fourth-order valence-corrected chi connectivity index (χ4v) is 2.47. The second-order valence-electron chi connectivity index (χ2n) is 4.10. The largest absolute Gasteiger partial charge is 0.347 e. The standard InChI is InChI=1S/C14H16N2OS/c1-10-2-7-13(18-10)9-16-14(17)12-5-3-11(8-15)4-6-12/h2-7H,8-9,15H2,1H3,(H,16,17). The van der Waals surface area contributed by atoms with Crippen LogP contribution in [0.15, 0.2) is 36.4 Å². The van der Waals surface area contributed by atoms with Crippen LogP contribution < -0.4 is 11.1 Å². The summed E-state index contributed by atoms with van der Waals surface area (Å²) in [6, 6.07) is 11.5. The van der Waals surface area contributed by atoms with E-state index in [0.717, 1.165) is 5.56 Å². The molecule has 1 aromatic heterocycles. The number of aryl methyl sites for hydroxylation is 1. The van der Waals surface area contributed by atoms with Crippen molar-refractivity contribution in [1.82, 2.24) is 5.32 Å². The molecule has 4 heteroatoms. The van der Waals surface area contributed by atoms with E-state index >= 15 is 0 Å². The van der Waals surface area contributed by atoms with Gasteiger partial charge in [0, 0.05) is 21.9 Å². The van der Waals surface area contributed by atoms with E-state index in [1.807, 2.05) is 18.2 Å². The summed E-state index contributed by atoms with van der Waals surface area (Å²) in [5, 5.41) is 2.91. The zero-order chi connectivity index (χ0) is 13.0. The number of carbonyl (C=O) groups excluding carboxylic acids is 1. The first kappa shape index (κ1) is 12.8. The third-order valence-corrected chi connectivity index (χ3v) is 3.67. The highest BCUT2D eigenvalue weighted by Crippen LogP contribution is 2.14. The highest BCUT2D eigenvalue weighted by molar-refractivity contribution is 7.11. The Hall–Kier alpha value is -1.65. The van der Waals surface area contributed by atoms with E-state index in [9.17, 15) is 4.79 Å². The van der Waals surface area contributed by atoms with Crippen molar-refractivity contribution in [2.24, 2.45) is 5.73 Å². The van der Waals surface area contributed by atoms with E-state index < -0.39 is 0 Å². The average Bonchev–Trinajstić information content (AvgIpc) is 2.82. The summed E-state index contributed by atoms with van der Waals surface area (Å²) in [6.07, 6.45) is 0. The third-order valence-electron chi connectivity index (χ3n) is 2.67. The van der Waals surface area contributed by atoms with Gasteiger partial charge in [0.25, 0.3) is 5.91 Å². The van der Waals surface area contributed by atoms with Crippen molar-refractivity contribution in [2.75, 3.05) is 0 Å².